The quantitative estimate of drug-likeness (QED) is 0.763. The van der Waals surface area contributed by atoms with Crippen molar-refractivity contribution in [3.63, 3.8) is 0 Å². The molecule has 2 amide bonds. The Hall–Kier alpha value is -1.26. The molecule has 0 bridgehead atoms. The molecule has 1 aliphatic heterocycles. The fourth-order valence-corrected chi connectivity index (χ4v) is 1.92. The van der Waals surface area contributed by atoms with Gasteiger partial charge >= 0.3 is 12.0 Å². The van der Waals surface area contributed by atoms with E-state index in [0.29, 0.717) is 6.61 Å². The summed E-state index contributed by atoms with van der Waals surface area (Å²) in [6.45, 7) is 3.63. The number of amides is 2. The fraction of sp³-hybridized carbons (Fsp3) is 0.833. The van der Waals surface area contributed by atoms with Crippen LogP contribution < -0.4 is 5.32 Å². The summed E-state index contributed by atoms with van der Waals surface area (Å²) >= 11 is 0. The average molecular weight is 242 g/mol. The van der Waals surface area contributed by atoms with Crippen LogP contribution in [0.3, 0.4) is 0 Å². The highest BCUT2D eigenvalue weighted by molar-refractivity contribution is 5.80. The molecule has 1 rings (SSSR count). The zero-order chi connectivity index (χ0) is 12.5. The van der Waals surface area contributed by atoms with Crippen LogP contribution in [-0.2, 0) is 9.53 Å². The second kappa shape index (κ2) is 7.92. The molecular formula is C12H22N2O3. The van der Waals surface area contributed by atoms with Crippen molar-refractivity contribution in [2.24, 2.45) is 0 Å². The first-order valence-electron chi connectivity index (χ1n) is 6.42. The van der Waals surface area contributed by atoms with Crippen LogP contribution in [0.1, 0.15) is 39.0 Å². The summed E-state index contributed by atoms with van der Waals surface area (Å²) in [5.74, 6) is -0.382. The van der Waals surface area contributed by atoms with Crippen LogP contribution in [0.2, 0.25) is 0 Å². The van der Waals surface area contributed by atoms with Gasteiger partial charge in [-0.15, -0.1) is 0 Å². The van der Waals surface area contributed by atoms with Crippen molar-refractivity contribution in [1.82, 2.24) is 10.2 Å². The monoisotopic (exact) mass is 242 g/mol. The molecule has 0 unspecified atom stereocenters. The van der Waals surface area contributed by atoms with Gasteiger partial charge in [0, 0.05) is 13.1 Å². The van der Waals surface area contributed by atoms with Crippen LogP contribution in [0.5, 0.6) is 0 Å². The van der Waals surface area contributed by atoms with Gasteiger partial charge in [-0.25, -0.2) is 4.79 Å². The molecule has 1 saturated heterocycles. The minimum absolute atomic E-state index is 0.0385. The summed E-state index contributed by atoms with van der Waals surface area (Å²) in [7, 11) is 0. The normalized spacial score (nSPS) is 16.9. The van der Waals surface area contributed by atoms with E-state index in [1.807, 2.05) is 0 Å². The molecule has 0 aromatic heterocycles. The second-order valence-electron chi connectivity index (χ2n) is 4.22. The summed E-state index contributed by atoms with van der Waals surface area (Å²) < 4.78 is 4.75. The number of rotatable bonds is 3. The Morgan fingerprint density at radius 3 is 2.29 bits per heavy atom. The number of ether oxygens (including phenoxy) is 1. The molecule has 0 aromatic rings. The molecule has 1 N–H and O–H groups in total. The fourth-order valence-electron chi connectivity index (χ4n) is 1.92. The van der Waals surface area contributed by atoms with Crippen LogP contribution in [0.25, 0.3) is 0 Å². The van der Waals surface area contributed by atoms with Crippen molar-refractivity contribution in [2.45, 2.75) is 39.0 Å². The van der Waals surface area contributed by atoms with Gasteiger partial charge in [0.05, 0.1) is 6.61 Å². The minimum Gasteiger partial charge on any atom is -0.465 e. The zero-order valence-electron chi connectivity index (χ0n) is 10.5. The molecule has 0 saturated carbocycles. The summed E-state index contributed by atoms with van der Waals surface area (Å²) in [4.78, 5) is 24.7. The maximum atomic E-state index is 11.8. The topological polar surface area (TPSA) is 58.6 Å². The van der Waals surface area contributed by atoms with Crippen LogP contribution >= 0.6 is 0 Å². The Labute approximate surface area is 102 Å². The van der Waals surface area contributed by atoms with Crippen molar-refractivity contribution in [3.8, 4) is 0 Å². The zero-order valence-corrected chi connectivity index (χ0v) is 10.5. The highest BCUT2D eigenvalue weighted by atomic mass is 16.5. The van der Waals surface area contributed by atoms with Crippen molar-refractivity contribution < 1.29 is 14.3 Å². The van der Waals surface area contributed by atoms with Gasteiger partial charge < -0.3 is 15.0 Å². The highest BCUT2D eigenvalue weighted by Crippen LogP contribution is 2.10. The van der Waals surface area contributed by atoms with E-state index in [-0.39, 0.29) is 18.5 Å². The standard InChI is InChI=1S/C12H22N2O3/c1-2-17-11(15)10-13-12(16)14-8-6-4-3-5-7-9-14/h2-10H2,1H3,(H,13,16). The Morgan fingerprint density at radius 1 is 1.12 bits per heavy atom. The summed E-state index contributed by atoms with van der Waals surface area (Å²) in [6, 6.07) is -0.153. The molecule has 0 spiro atoms. The predicted octanol–water partition coefficient (Wildman–Crippen LogP) is 1.53. The van der Waals surface area contributed by atoms with Gasteiger partial charge in [-0.2, -0.15) is 0 Å². The van der Waals surface area contributed by atoms with E-state index >= 15 is 0 Å². The Morgan fingerprint density at radius 2 is 1.71 bits per heavy atom. The largest absolute Gasteiger partial charge is 0.465 e. The maximum Gasteiger partial charge on any atom is 0.325 e. The lowest BCUT2D eigenvalue weighted by atomic mass is 10.1. The first-order valence-corrected chi connectivity index (χ1v) is 6.42. The summed E-state index contributed by atoms with van der Waals surface area (Å²) in [6.07, 6.45) is 5.72. The molecule has 5 nitrogen and oxygen atoms in total. The third-order valence-electron chi connectivity index (χ3n) is 2.83. The first kappa shape index (κ1) is 13.8. The number of carbonyl (C=O) groups is 2. The number of carbonyl (C=O) groups excluding carboxylic acids is 2. The van der Waals surface area contributed by atoms with E-state index < -0.39 is 0 Å². The van der Waals surface area contributed by atoms with Crippen LogP contribution in [0.15, 0.2) is 0 Å². The number of urea groups is 1. The van der Waals surface area contributed by atoms with E-state index in [1.54, 1.807) is 11.8 Å². The SMILES string of the molecule is CCOC(=O)CNC(=O)N1CCCCCCC1. The van der Waals surface area contributed by atoms with Gasteiger partial charge in [0.2, 0.25) is 0 Å². The maximum absolute atomic E-state index is 11.8. The lowest BCUT2D eigenvalue weighted by molar-refractivity contribution is -0.141. The molecule has 1 fully saturated rings. The number of nitrogens with zero attached hydrogens (tertiary/aromatic N) is 1. The van der Waals surface area contributed by atoms with Crippen LogP contribution in [-0.4, -0.2) is 43.1 Å². The molecule has 0 aliphatic carbocycles. The Bertz CT molecular complexity index is 248. The summed E-state index contributed by atoms with van der Waals surface area (Å²) in [5, 5.41) is 2.60. The van der Waals surface area contributed by atoms with Gasteiger partial charge in [0.25, 0.3) is 0 Å². The van der Waals surface area contributed by atoms with Crippen molar-refractivity contribution in [3.05, 3.63) is 0 Å². The molecule has 0 radical (unpaired) electrons. The van der Waals surface area contributed by atoms with Gasteiger partial charge in [-0.05, 0) is 19.8 Å². The smallest absolute Gasteiger partial charge is 0.325 e. The van der Waals surface area contributed by atoms with Crippen molar-refractivity contribution in [1.29, 1.82) is 0 Å². The third kappa shape index (κ3) is 5.56. The Kier molecular flexibility index (Phi) is 6.43. The molecule has 98 valence electrons. The molecule has 17 heavy (non-hydrogen) atoms. The van der Waals surface area contributed by atoms with E-state index in [9.17, 15) is 9.59 Å². The summed E-state index contributed by atoms with van der Waals surface area (Å²) in [5.41, 5.74) is 0. The van der Waals surface area contributed by atoms with Gasteiger partial charge in [0.15, 0.2) is 0 Å². The van der Waals surface area contributed by atoms with E-state index in [0.717, 1.165) is 25.9 Å². The van der Waals surface area contributed by atoms with E-state index in [1.165, 1.54) is 19.3 Å². The molecular weight excluding hydrogens is 220 g/mol. The van der Waals surface area contributed by atoms with Crippen molar-refractivity contribution >= 4 is 12.0 Å². The second-order valence-corrected chi connectivity index (χ2v) is 4.22. The van der Waals surface area contributed by atoms with Gasteiger partial charge in [-0.3, -0.25) is 4.79 Å². The molecule has 1 heterocycles. The Balaban J connectivity index is 2.27. The van der Waals surface area contributed by atoms with E-state index in [2.05, 4.69) is 5.32 Å². The van der Waals surface area contributed by atoms with Crippen molar-refractivity contribution in [2.75, 3.05) is 26.2 Å². The van der Waals surface area contributed by atoms with E-state index in [4.69, 9.17) is 4.74 Å². The predicted molar refractivity (Wildman–Crippen MR) is 64.7 cm³/mol. The molecule has 1 aliphatic rings. The molecule has 0 aromatic carbocycles. The minimum atomic E-state index is -0.382. The molecule has 5 heteroatoms. The number of nitrogens with one attached hydrogen (secondary N) is 1. The number of esters is 1. The lowest BCUT2D eigenvalue weighted by Crippen LogP contribution is -2.43. The number of hydrogen-bond donors (Lipinski definition) is 1. The van der Waals surface area contributed by atoms with Crippen LogP contribution in [0, 0.1) is 0 Å². The molecule has 0 atom stereocenters. The third-order valence-corrected chi connectivity index (χ3v) is 2.83. The average Bonchev–Trinajstić information content (AvgIpc) is 2.26. The first-order chi connectivity index (χ1) is 8.24. The number of hydrogen-bond acceptors (Lipinski definition) is 3. The number of likely N-dealkylation sites (tertiary alicyclic amines) is 1. The van der Waals surface area contributed by atoms with Crippen LogP contribution in [0.4, 0.5) is 4.79 Å². The van der Waals surface area contributed by atoms with Gasteiger partial charge in [0.1, 0.15) is 6.54 Å². The van der Waals surface area contributed by atoms with Gasteiger partial charge in [-0.1, -0.05) is 19.3 Å². The highest BCUT2D eigenvalue weighted by Gasteiger charge is 2.15. The lowest BCUT2D eigenvalue weighted by Gasteiger charge is -2.24.